The summed E-state index contributed by atoms with van der Waals surface area (Å²) < 4.78 is 27.8. The number of rotatable bonds is 6. The summed E-state index contributed by atoms with van der Waals surface area (Å²) in [5, 5.41) is 16.5. The molecule has 0 aliphatic rings. The van der Waals surface area contributed by atoms with Crippen LogP contribution in [0.4, 0.5) is 8.78 Å². The van der Waals surface area contributed by atoms with Gasteiger partial charge in [-0.25, -0.2) is 13.5 Å². The fraction of sp³-hybridized carbons (Fsp3) is 0.333. The summed E-state index contributed by atoms with van der Waals surface area (Å²) >= 11 is 1.47. The van der Waals surface area contributed by atoms with Crippen LogP contribution in [0.1, 0.15) is 17.3 Å². The first kappa shape index (κ1) is 17.4. The molecule has 1 heterocycles. The minimum Gasteiger partial charge on any atom is -0.387 e. The first-order chi connectivity index (χ1) is 10.8. The quantitative estimate of drug-likeness (QED) is 0.843. The van der Waals surface area contributed by atoms with Gasteiger partial charge in [0.25, 0.3) is 5.91 Å². The lowest BCUT2D eigenvalue weighted by Crippen LogP contribution is -2.42. The fourth-order valence-electron chi connectivity index (χ4n) is 1.97. The predicted octanol–water partition coefficient (Wildman–Crippen LogP) is 1.99. The molecule has 0 radical (unpaired) electrons. The highest BCUT2D eigenvalue weighted by Crippen LogP contribution is 2.15. The SMILES string of the molecule is CSCC(C)(O)CNC(=O)c1cnn(-c2ccc(F)cc2F)c1. The number of amides is 1. The Kier molecular flexibility index (Phi) is 5.38. The maximum Gasteiger partial charge on any atom is 0.254 e. The molecule has 0 saturated heterocycles. The average molecular weight is 341 g/mol. The molecule has 1 unspecified atom stereocenters. The Bertz CT molecular complexity index is 704. The molecular formula is C15H17F2N3O2S. The Morgan fingerprint density at radius 1 is 1.48 bits per heavy atom. The van der Waals surface area contributed by atoms with Crippen molar-refractivity contribution in [2.45, 2.75) is 12.5 Å². The Morgan fingerprint density at radius 3 is 2.87 bits per heavy atom. The van der Waals surface area contributed by atoms with Crippen LogP contribution in [0.15, 0.2) is 30.6 Å². The van der Waals surface area contributed by atoms with Gasteiger partial charge in [-0.2, -0.15) is 16.9 Å². The number of thioether (sulfide) groups is 1. The van der Waals surface area contributed by atoms with E-state index in [1.165, 1.54) is 30.2 Å². The molecule has 0 saturated carbocycles. The van der Waals surface area contributed by atoms with E-state index in [0.717, 1.165) is 16.8 Å². The van der Waals surface area contributed by atoms with E-state index in [1.54, 1.807) is 6.92 Å². The number of aliphatic hydroxyl groups is 1. The van der Waals surface area contributed by atoms with Gasteiger partial charge < -0.3 is 10.4 Å². The van der Waals surface area contributed by atoms with E-state index < -0.39 is 23.1 Å². The fourth-order valence-corrected chi connectivity index (χ4v) is 2.70. The summed E-state index contributed by atoms with van der Waals surface area (Å²) in [6.07, 6.45) is 4.48. The van der Waals surface area contributed by atoms with Crippen molar-refractivity contribution in [1.29, 1.82) is 0 Å². The van der Waals surface area contributed by atoms with E-state index in [4.69, 9.17) is 0 Å². The number of carbonyl (C=O) groups is 1. The van der Waals surface area contributed by atoms with Crippen LogP contribution in [-0.2, 0) is 0 Å². The molecule has 1 atom stereocenters. The molecule has 8 heteroatoms. The minimum atomic E-state index is -1.02. The van der Waals surface area contributed by atoms with Crippen LogP contribution >= 0.6 is 11.8 Å². The molecule has 1 amide bonds. The highest BCUT2D eigenvalue weighted by molar-refractivity contribution is 7.98. The molecule has 1 aromatic carbocycles. The Balaban J connectivity index is 2.08. The first-order valence-corrected chi connectivity index (χ1v) is 8.21. The monoisotopic (exact) mass is 341 g/mol. The molecule has 0 fully saturated rings. The Labute approximate surface area is 136 Å². The van der Waals surface area contributed by atoms with Crippen LogP contribution in [0, 0.1) is 11.6 Å². The van der Waals surface area contributed by atoms with E-state index in [-0.39, 0.29) is 17.8 Å². The van der Waals surface area contributed by atoms with Gasteiger partial charge in [0.05, 0.1) is 17.4 Å². The number of aromatic nitrogens is 2. The second-order valence-electron chi connectivity index (χ2n) is 5.38. The zero-order valence-electron chi connectivity index (χ0n) is 12.7. The molecule has 2 aromatic rings. The van der Waals surface area contributed by atoms with Crippen LogP contribution in [-0.4, -0.2) is 44.9 Å². The lowest BCUT2D eigenvalue weighted by molar-refractivity contribution is 0.0725. The minimum absolute atomic E-state index is 0.0415. The maximum atomic E-state index is 13.7. The number of carbonyl (C=O) groups excluding carboxylic acids is 1. The van der Waals surface area contributed by atoms with Crippen LogP contribution in [0.5, 0.6) is 0 Å². The second-order valence-corrected chi connectivity index (χ2v) is 6.25. The van der Waals surface area contributed by atoms with Crippen molar-refractivity contribution in [3.8, 4) is 5.69 Å². The van der Waals surface area contributed by atoms with Crippen molar-refractivity contribution in [3.63, 3.8) is 0 Å². The van der Waals surface area contributed by atoms with E-state index in [2.05, 4.69) is 10.4 Å². The standard InChI is InChI=1S/C15H17F2N3O2S/c1-15(22,9-23-2)8-18-14(21)10-6-19-20(7-10)13-4-3-11(16)5-12(13)17/h3-7,22H,8-9H2,1-2H3,(H,18,21). The second kappa shape index (κ2) is 7.10. The van der Waals surface area contributed by atoms with Crippen LogP contribution in [0.2, 0.25) is 0 Å². The zero-order valence-corrected chi connectivity index (χ0v) is 13.5. The van der Waals surface area contributed by atoms with Gasteiger partial charge in [0.1, 0.15) is 11.5 Å². The summed E-state index contributed by atoms with van der Waals surface area (Å²) in [6, 6.07) is 3.10. The van der Waals surface area contributed by atoms with Crippen LogP contribution in [0.25, 0.3) is 5.69 Å². The summed E-state index contributed by atoms with van der Waals surface area (Å²) in [7, 11) is 0. The van der Waals surface area contributed by atoms with Crippen molar-refractivity contribution >= 4 is 17.7 Å². The molecule has 2 rings (SSSR count). The van der Waals surface area contributed by atoms with Gasteiger partial charge in [-0.1, -0.05) is 0 Å². The number of nitrogens with zero attached hydrogens (tertiary/aromatic N) is 2. The van der Waals surface area contributed by atoms with Crippen molar-refractivity contribution in [3.05, 3.63) is 47.8 Å². The van der Waals surface area contributed by atoms with E-state index in [9.17, 15) is 18.7 Å². The van der Waals surface area contributed by atoms with Crippen LogP contribution in [0.3, 0.4) is 0 Å². The molecule has 23 heavy (non-hydrogen) atoms. The number of hydrogen-bond acceptors (Lipinski definition) is 4. The number of nitrogens with one attached hydrogen (secondary N) is 1. The van der Waals surface area contributed by atoms with E-state index >= 15 is 0 Å². The summed E-state index contributed by atoms with van der Waals surface area (Å²) in [4.78, 5) is 12.0. The van der Waals surface area contributed by atoms with Gasteiger partial charge >= 0.3 is 0 Å². The van der Waals surface area contributed by atoms with Gasteiger partial charge in [-0.05, 0) is 25.3 Å². The number of halogens is 2. The summed E-state index contributed by atoms with van der Waals surface area (Å²) in [5.74, 6) is -1.41. The average Bonchev–Trinajstić information content (AvgIpc) is 2.94. The third-order valence-corrected chi connectivity index (χ3v) is 4.00. The van der Waals surface area contributed by atoms with Gasteiger partial charge in [-0.3, -0.25) is 4.79 Å². The predicted molar refractivity (Wildman–Crippen MR) is 84.8 cm³/mol. The van der Waals surface area contributed by atoms with Gasteiger partial charge in [0.15, 0.2) is 5.82 Å². The van der Waals surface area contributed by atoms with Gasteiger partial charge in [0, 0.05) is 24.6 Å². The largest absolute Gasteiger partial charge is 0.387 e. The van der Waals surface area contributed by atoms with Gasteiger partial charge in [-0.15, -0.1) is 0 Å². The smallest absolute Gasteiger partial charge is 0.254 e. The van der Waals surface area contributed by atoms with Crippen molar-refractivity contribution in [2.75, 3.05) is 18.6 Å². The molecule has 1 aromatic heterocycles. The molecule has 0 aliphatic heterocycles. The zero-order chi connectivity index (χ0) is 17.0. The lowest BCUT2D eigenvalue weighted by Gasteiger charge is -2.22. The molecule has 5 nitrogen and oxygen atoms in total. The first-order valence-electron chi connectivity index (χ1n) is 6.82. The molecule has 0 bridgehead atoms. The topological polar surface area (TPSA) is 67.2 Å². The molecule has 124 valence electrons. The third-order valence-electron chi connectivity index (χ3n) is 3.09. The molecule has 2 N–H and O–H groups in total. The normalized spacial score (nSPS) is 13.6. The van der Waals surface area contributed by atoms with Crippen molar-refractivity contribution in [2.24, 2.45) is 0 Å². The summed E-state index contributed by atoms with van der Waals surface area (Å²) in [6.45, 7) is 1.71. The lowest BCUT2D eigenvalue weighted by atomic mass is 10.1. The summed E-state index contributed by atoms with van der Waals surface area (Å²) in [5.41, 5.74) is -0.762. The highest BCUT2D eigenvalue weighted by Gasteiger charge is 2.21. The Hall–Kier alpha value is -1.93. The van der Waals surface area contributed by atoms with Crippen LogP contribution < -0.4 is 5.32 Å². The molecule has 0 aliphatic carbocycles. The molecule has 0 spiro atoms. The third kappa shape index (κ3) is 4.52. The maximum absolute atomic E-state index is 13.7. The number of hydrogen-bond donors (Lipinski definition) is 2. The number of benzene rings is 1. The van der Waals surface area contributed by atoms with Crippen molar-refractivity contribution in [1.82, 2.24) is 15.1 Å². The van der Waals surface area contributed by atoms with E-state index in [1.807, 2.05) is 6.26 Å². The van der Waals surface area contributed by atoms with E-state index in [0.29, 0.717) is 5.75 Å². The van der Waals surface area contributed by atoms with Gasteiger partial charge in [0.2, 0.25) is 0 Å². The van der Waals surface area contributed by atoms with Crippen molar-refractivity contribution < 1.29 is 18.7 Å². The Morgan fingerprint density at radius 2 is 2.22 bits per heavy atom. The highest BCUT2D eigenvalue weighted by atomic mass is 32.2. The molecular weight excluding hydrogens is 324 g/mol.